The third-order valence-corrected chi connectivity index (χ3v) is 3.25. The molecule has 23 heavy (non-hydrogen) atoms. The highest BCUT2D eigenvalue weighted by molar-refractivity contribution is 5.50. The van der Waals surface area contributed by atoms with Crippen LogP contribution in [0.5, 0.6) is 5.75 Å². The Kier molecular flexibility index (Phi) is 5.88. The largest absolute Gasteiger partial charge is 0.489 e. The van der Waals surface area contributed by atoms with Gasteiger partial charge in [0.05, 0.1) is 4.92 Å². The van der Waals surface area contributed by atoms with Gasteiger partial charge in [0, 0.05) is 18.2 Å². The van der Waals surface area contributed by atoms with Crippen molar-refractivity contribution in [2.75, 3.05) is 0 Å². The lowest BCUT2D eigenvalue weighted by Gasteiger charge is -2.06. The number of nitrogens with zero attached hydrogens (tertiary/aromatic N) is 1. The maximum absolute atomic E-state index is 10.6. The first kappa shape index (κ1) is 16.7. The lowest BCUT2D eigenvalue weighted by molar-refractivity contribution is -0.384. The first-order valence-corrected chi connectivity index (χ1v) is 7.43. The highest BCUT2D eigenvalue weighted by Gasteiger charge is 2.04. The van der Waals surface area contributed by atoms with Gasteiger partial charge in [0.2, 0.25) is 0 Å². The molecule has 1 atom stereocenters. The van der Waals surface area contributed by atoms with Crippen LogP contribution in [-0.2, 0) is 6.61 Å². The minimum Gasteiger partial charge on any atom is -0.489 e. The number of nitro groups is 1. The van der Waals surface area contributed by atoms with E-state index in [9.17, 15) is 10.1 Å². The zero-order valence-electron chi connectivity index (χ0n) is 13.0. The fourth-order valence-electron chi connectivity index (χ4n) is 1.97. The molecule has 0 aliphatic rings. The fraction of sp³-hybridized carbons (Fsp3) is 0.222. The van der Waals surface area contributed by atoms with E-state index in [2.05, 4.69) is 6.08 Å². The summed E-state index contributed by atoms with van der Waals surface area (Å²) in [5.41, 5.74) is 7.75. The second kappa shape index (κ2) is 8.10. The van der Waals surface area contributed by atoms with E-state index in [4.69, 9.17) is 10.5 Å². The van der Waals surface area contributed by atoms with Crippen molar-refractivity contribution in [3.8, 4) is 5.75 Å². The van der Waals surface area contributed by atoms with Crippen molar-refractivity contribution in [1.29, 1.82) is 0 Å². The van der Waals surface area contributed by atoms with Crippen molar-refractivity contribution in [2.45, 2.75) is 26.0 Å². The van der Waals surface area contributed by atoms with Gasteiger partial charge in [-0.25, -0.2) is 0 Å². The van der Waals surface area contributed by atoms with Crippen molar-refractivity contribution < 1.29 is 9.66 Å². The minimum absolute atomic E-state index is 0.0803. The van der Waals surface area contributed by atoms with Gasteiger partial charge < -0.3 is 10.5 Å². The Balaban J connectivity index is 1.88. The molecular weight excluding hydrogens is 292 g/mol. The molecule has 0 bridgehead atoms. The summed E-state index contributed by atoms with van der Waals surface area (Å²) in [5, 5.41) is 10.6. The predicted molar refractivity (Wildman–Crippen MR) is 91.2 cm³/mol. The summed E-state index contributed by atoms with van der Waals surface area (Å²) in [5.74, 6) is 0.757. The van der Waals surface area contributed by atoms with Gasteiger partial charge in [-0.2, -0.15) is 0 Å². The molecule has 2 N–H and O–H groups in total. The summed E-state index contributed by atoms with van der Waals surface area (Å²) in [6.07, 6.45) is 4.93. The van der Waals surface area contributed by atoms with E-state index in [1.807, 2.05) is 37.3 Å². The minimum atomic E-state index is -0.414. The van der Waals surface area contributed by atoms with Crippen LogP contribution < -0.4 is 10.5 Å². The van der Waals surface area contributed by atoms with Crippen molar-refractivity contribution in [2.24, 2.45) is 5.73 Å². The molecule has 0 amide bonds. The Bertz CT molecular complexity index is 662. The van der Waals surface area contributed by atoms with Gasteiger partial charge in [-0.05, 0) is 48.7 Å². The van der Waals surface area contributed by atoms with Crippen molar-refractivity contribution >= 4 is 11.8 Å². The molecule has 0 spiro atoms. The third kappa shape index (κ3) is 5.56. The molecule has 2 aromatic rings. The molecule has 120 valence electrons. The number of rotatable bonds is 7. The Morgan fingerprint density at radius 2 is 1.83 bits per heavy atom. The topological polar surface area (TPSA) is 78.4 Å². The molecule has 0 aromatic heterocycles. The first-order valence-electron chi connectivity index (χ1n) is 7.43. The quantitative estimate of drug-likeness (QED) is 0.620. The summed E-state index contributed by atoms with van der Waals surface area (Å²) in [4.78, 5) is 10.2. The number of nitro benzene ring substituents is 1. The maximum atomic E-state index is 10.6. The van der Waals surface area contributed by atoms with Gasteiger partial charge in [-0.3, -0.25) is 10.1 Å². The van der Waals surface area contributed by atoms with E-state index in [1.165, 1.54) is 12.1 Å². The van der Waals surface area contributed by atoms with Gasteiger partial charge in [-0.1, -0.05) is 24.3 Å². The summed E-state index contributed by atoms with van der Waals surface area (Å²) >= 11 is 0. The van der Waals surface area contributed by atoms with E-state index < -0.39 is 4.92 Å². The molecule has 2 aromatic carbocycles. The Morgan fingerprint density at radius 1 is 1.17 bits per heavy atom. The van der Waals surface area contributed by atoms with Crippen LogP contribution in [0.1, 0.15) is 24.5 Å². The van der Waals surface area contributed by atoms with Gasteiger partial charge in [0.25, 0.3) is 5.69 Å². The molecule has 5 heteroatoms. The number of benzene rings is 2. The van der Waals surface area contributed by atoms with E-state index in [0.717, 1.165) is 23.3 Å². The fourth-order valence-corrected chi connectivity index (χ4v) is 1.97. The first-order chi connectivity index (χ1) is 11.0. The zero-order chi connectivity index (χ0) is 16.7. The Morgan fingerprint density at radius 3 is 2.39 bits per heavy atom. The van der Waals surface area contributed by atoms with Gasteiger partial charge >= 0.3 is 0 Å². The van der Waals surface area contributed by atoms with Crippen LogP contribution in [0, 0.1) is 10.1 Å². The third-order valence-electron chi connectivity index (χ3n) is 3.25. The lowest BCUT2D eigenvalue weighted by atomic mass is 10.1. The average molecular weight is 312 g/mol. The molecule has 0 saturated heterocycles. The number of non-ortho nitro benzene ring substituents is 1. The molecule has 0 heterocycles. The zero-order valence-corrected chi connectivity index (χ0v) is 13.0. The van der Waals surface area contributed by atoms with Crippen molar-refractivity contribution in [3.05, 3.63) is 75.8 Å². The van der Waals surface area contributed by atoms with E-state index in [-0.39, 0.29) is 11.7 Å². The van der Waals surface area contributed by atoms with Crippen molar-refractivity contribution in [1.82, 2.24) is 0 Å². The number of hydrogen-bond acceptors (Lipinski definition) is 4. The van der Waals surface area contributed by atoms with Crippen LogP contribution in [0.3, 0.4) is 0 Å². The molecule has 0 saturated carbocycles. The number of hydrogen-bond donors (Lipinski definition) is 1. The monoisotopic (exact) mass is 312 g/mol. The number of nitrogens with two attached hydrogens (primary N) is 1. The lowest BCUT2D eigenvalue weighted by Crippen LogP contribution is -2.12. The molecule has 2 rings (SSSR count). The van der Waals surface area contributed by atoms with E-state index >= 15 is 0 Å². The van der Waals surface area contributed by atoms with Crippen LogP contribution in [0.4, 0.5) is 5.69 Å². The smallest absolute Gasteiger partial charge is 0.269 e. The maximum Gasteiger partial charge on any atom is 0.269 e. The second-order valence-electron chi connectivity index (χ2n) is 5.40. The summed E-state index contributed by atoms with van der Waals surface area (Å²) in [6.45, 7) is 2.34. The standard InChI is InChI=1S/C18H20N2O3/c1-14(19)3-2-4-15-7-11-18(12-8-15)23-13-16-5-9-17(10-6-16)20(21)22/h2,4-12,14H,3,13,19H2,1H3. The summed E-state index contributed by atoms with van der Waals surface area (Å²) in [7, 11) is 0. The van der Waals surface area contributed by atoms with E-state index in [0.29, 0.717) is 6.61 Å². The van der Waals surface area contributed by atoms with Gasteiger partial charge in [-0.15, -0.1) is 0 Å². The SMILES string of the molecule is CC(N)CC=Cc1ccc(OCc2ccc([N+](=O)[O-])cc2)cc1. The molecule has 0 fully saturated rings. The number of ether oxygens (including phenoxy) is 1. The van der Waals surface area contributed by atoms with Crippen LogP contribution in [0.2, 0.25) is 0 Å². The van der Waals surface area contributed by atoms with Gasteiger partial charge in [0.15, 0.2) is 0 Å². The average Bonchev–Trinajstić information content (AvgIpc) is 2.54. The second-order valence-corrected chi connectivity index (χ2v) is 5.40. The molecular formula is C18H20N2O3. The molecule has 0 aliphatic heterocycles. The Labute approximate surface area is 135 Å². The van der Waals surface area contributed by atoms with Crippen LogP contribution >= 0.6 is 0 Å². The highest BCUT2D eigenvalue weighted by Crippen LogP contribution is 2.17. The molecule has 1 unspecified atom stereocenters. The van der Waals surface area contributed by atoms with Crippen LogP contribution in [0.25, 0.3) is 6.08 Å². The van der Waals surface area contributed by atoms with Crippen LogP contribution in [-0.4, -0.2) is 11.0 Å². The van der Waals surface area contributed by atoms with Crippen molar-refractivity contribution in [3.63, 3.8) is 0 Å². The van der Waals surface area contributed by atoms with Crippen LogP contribution in [0.15, 0.2) is 54.6 Å². The molecule has 0 aliphatic carbocycles. The predicted octanol–water partition coefficient (Wildman–Crippen LogP) is 3.92. The Hall–Kier alpha value is -2.66. The van der Waals surface area contributed by atoms with Gasteiger partial charge in [0.1, 0.15) is 12.4 Å². The summed E-state index contributed by atoms with van der Waals surface area (Å²) in [6, 6.07) is 14.3. The highest BCUT2D eigenvalue weighted by atomic mass is 16.6. The molecule has 0 radical (unpaired) electrons. The normalized spacial score (nSPS) is 12.3. The molecule has 5 nitrogen and oxygen atoms in total. The summed E-state index contributed by atoms with van der Waals surface area (Å²) < 4.78 is 5.68. The van der Waals surface area contributed by atoms with E-state index in [1.54, 1.807) is 12.1 Å².